The van der Waals surface area contributed by atoms with Gasteiger partial charge in [0.25, 0.3) is 0 Å². The van der Waals surface area contributed by atoms with E-state index in [9.17, 15) is 5.11 Å². The summed E-state index contributed by atoms with van der Waals surface area (Å²) in [6, 6.07) is 15.5. The first kappa shape index (κ1) is 12.7. The summed E-state index contributed by atoms with van der Waals surface area (Å²) in [4.78, 5) is 0. The van der Waals surface area contributed by atoms with E-state index in [0.717, 1.165) is 17.1 Å². The molecule has 0 heterocycles. The highest BCUT2D eigenvalue weighted by atomic mass is 16.5. The molecule has 2 rings (SSSR count). The molecular weight excluding hydrogens is 224 g/mol. The zero-order chi connectivity index (χ0) is 13.0. The van der Waals surface area contributed by atoms with Gasteiger partial charge in [-0.1, -0.05) is 42.8 Å². The van der Waals surface area contributed by atoms with Crippen molar-refractivity contribution in [1.29, 1.82) is 0 Å². The molecule has 2 nitrogen and oxygen atoms in total. The van der Waals surface area contributed by atoms with E-state index in [1.807, 2.05) is 62.4 Å². The van der Waals surface area contributed by atoms with Crippen LogP contribution in [0.1, 0.15) is 30.6 Å². The Bertz CT molecular complexity index is 503. The number of aliphatic hydroxyl groups is 1. The summed E-state index contributed by atoms with van der Waals surface area (Å²) in [5.41, 5.74) is 2.03. The second kappa shape index (κ2) is 5.69. The van der Waals surface area contributed by atoms with Crippen LogP contribution in [0, 0.1) is 6.92 Å². The van der Waals surface area contributed by atoms with E-state index >= 15 is 0 Å². The van der Waals surface area contributed by atoms with Gasteiger partial charge in [0.15, 0.2) is 0 Å². The van der Waals surface area contributed by atoms with Crippen LogP contribution >= 0.6 is 0 Å². The molecular formula is C16H18O2. The van der Waals surface area contributed by atoms with Crippen LogP contribution in [0.25, 0.3) is 0 Å². The molecule has 0 fully saturated rings. The molecule has 0 aliphatic rings. The van der Waals surface area contributed by atoms with Crippen molar-refractivity contribution in [3.8, 4) is 11.5 Å². The fraction of sp³-hybridized carbons (Fsp3) is 0.250. The molecule has 0 saturated carbocycles. The highest BCUT2D eigenvalue weighted by molar-refractivity contribution is 5.39. The number of para-hydroxylation sites is 1. The largest absolute Gasteiger partial charge is 0.457 e. The van der Waals surface area contributed by atoms with Gasteiger partial charge in [0.1, 0.15) is 11.5 Å². The molecule has 0 bridgehead atoms. The van der Waals surface area contributed by atoms with E-state index in [4.69, 9.17) is 4.74 Å². The molecule has 0 unspecified atom stereocenters. The first-order valence-corrected chi connectivity index (χ1v) is 6.22. The normalized spacial score (nSPS) is 12.2. The number of hydrogen-bond donors (Lipinski definition) is 1. The van der Waals surface area contributed by atoms with Crippen LogP contribution in [-0.4, -0.2) is 5.11 Å². The van der Waals surface area contributed by atoms with E-state index in [-0.39, 0.29) is 0 Å². The molecule has 0 radical (unpaired) electrons. The van der Waals surface area contributed by atoms with E-state index in [2.05, 4.69) is 0 Å². The molecule has 2 aromatic carbocycles. The van der Waals surface area contributed by atoms with Gasteiger partial charge in [-0.3, -0.25) is 0 Å². The van der Waals surface area contributed by atoms with Crippen molar-refractivity contribution in [1.82, 2.24) is 0 Å². The van der Waals surface area contributed by atoms with Crippen molar-refractivity contribution in [3.63, 3.8) is 0 Å². The van der Waals surface area contributed by atoms with Gasteiger partial charge in [0.05, 0.1) is 6.10 Å². The summed E-state index contributed by atoms with van der Waals surface area (Å²) in [5, 5.41) is 9.95. The zero-order valence-electron chi connectivity index (χ0n) is 10.8. The average Bonchev–Trinajstić information content (AvgIpc) is 2.41. The van der Waals surface area contributed by atoms with Crippen LogP contribution in [0.3, 0.4) is 0 Å². The lowest BCUT2D eigenvalue weighted by Crippen LogP contribution is -1.98. The molecule has 2 heteroatoms. The third-order valence-corrected chi connectivity index (χ3v) is 2.91. The maximum absolute atomic E-state index is 9.95. The van der Waals surface area contributed by atoms with Crippen molar-refractivity contribution in [2.45, 2.75) is 26.4 Å². The molecule has 94 valence electrons. The second-order valence-corrected chi connectivity index (χ2v) is 4.38. The van der Waals surface area contributed by atoms with Gasteiger partial charge in [0, 0.05) is 5.56 Å². The lowest BCUT2D eigenvalue weighted by molar-refractivity contribution is 0.170. The quantitative estimate of drug-likeness (QED) is 0.869. The SMILES string of the molecule is CC[C@@H](O)c1ccccc1Oc1ccc(C)cc1. The van der Waals surface area contributed by atoms with Crippen LogP contribution in [0.15, 0.2) is 48.5 Å². The van der Waals surface area contributed by atoms with E-state index < -0.39 is 6.10 Å². The molecule has 1 N–H and O–H groups in total. The molecule has 2 aromatic rings. The third-order valence-electron chi connectivity index (χ3n) is 2.91. The smallest absolute Gasteiger partial charge is 0.133 e. The minimum absolute atomic E-state index is 0.480. The molecule has 1 atom stereocenters. The minimum Gasteiger partial charge on any atom is -0.457 e. The van der Waals surface area contributed by atoms with Gasteiger partial charge in [-0.05, 0) is 31.5 Å². The number of hydrogen-bond acceptors (Lipinski definition) is 2. The van der Waals surface area contributed by atoms with Crippen molar-refractivity contribution >= 4 is 0 Å². The van der Waals surface area contributed by atoms with Gasteiger partial charge in [-0.25, -0.2) is 0 Å². The molecule has 0 aromatic heterocycles. The maximum Gasteiger partial charge on any atom is 0.133 e. The van der Waals surface area contributed by atoms with Crippen LogP contribution in [0.2, 0.25) is 0 Å². The van der Waals surface area contributed by atoms with Gasteiger partial charge in [-0.2, -0.15) is 0 Å². The molecule has 0 aliphatic heterocycles. The standard InChI is InChI=1S/C16H18O2/c1-3-15(17)14-6-4-5-7-16(14)18-13-10-8-12(2)9-11-13/h4-11,15,17H,3H2,1-2H3/t15-/m1/s1. The summed E-state index contributed by atoms with van der Waals surface area (Å²) < 4.78 is 5.83. The maximum atomic E-state index is 9.95. The Kier molecular flexibility index (Phi) is 4.00. The fourth-order valence-electron chi connectivity index (χ4n) is 1.80. The van der Waals surface area contributed by atoms with Gasteiger partial charge in [-0.15, -0.1) is 0 Å². The number of ether oxygens (including phenoxy) is 1. The lowest BCUT2D eigenvalue weighted by Gasteiger charge is -2.14. The molecule has 0 amide bonds. The van der Waals surface area contributed by atoms with Crippen molar-refractivity contribution in [2.24, 2.45) is 0 Å². The van der Waals surface area contributed by atoms with Crippen molar-refractivity contribution in [3.05, 3.63) is 59.7 Å². The number of benzene rings is 2. The predicted molar refractivity (Wildman–Crippen MR) is 72.9 cm³/mol. The highest BCUT2D eigenvalue weighted by Gasteiger charge is 2.11. The summed E-state index contributed by atoms with van der Waals surface area (Å²) in [7, 11) is 0. The van der Waals surface area contributed by atoms with E-state index in [0.29, 0.717) is 6.42 Å². The zero-order valence-corrected chi connectivity index (χ0v) is 10.8. The Morgan fingerprint density at radius 2 is 1.72 bits per heavy atom. The molecule has 0 spiro atoms. The minimum atomic E-state index is -0.480. The summed E-state index contributed by atoms with van der Waals surface area (Å²) in [6.07, 6.45) is 0.195. The number of aliphatic hydroxyl groups excluding tert-OH is 1. The monoisotopic (exact) mass is 242 g/mol. The third kappa shape index (κ3) is 2.90. The van der Waals surface area contributed by atoms with Gasteiger partial charge in [0.2, 0.25) is 0 Å². The van der Waals surface area contributed by atoms with Crippen LogP contribution in [0.5, 0.6) is 11.5 Å². The Morgan fingerprint density at radius 1 is 1.06 bits per heavy atom. The van der Waals surface area contributed by atoms with Crippen molar-refractivity contribution in [2.75, 3.05) is 0 Å². The summed E-state index contributed by atoms with van der Waals surface area (Å²) in [5.74, 6) is 1.51. The predicted octanol–water partition coefficient (Wildman–Crippen LogP) is 4.23. The molecule has 18 heavy (non-hydrogen) atoms. The van der Waals surface area contributed by atoms with E-state index in [1.165, 1.54) is 5.56 Å². The summed E-state index contributed by atoms with van der Waals surface area (Å²) in [6.45, 7) is 3.99. The van der Waals surface area contributed by atoms with Crippen LogP contribution in [0.4, 0.5) is 0 Å². The van der Waals surface area contributed by atoms with Crippen LogP contribution < -0.4 is 4.74 Å². The molecule has 0 aliphatic carbocycles. The lowest BCUT2D eigenvalue weighted by atomic mass is 10.1. The van der Waals surface area contributed by atoms with E-state index in [1.54, 1.807) is 0 Å². The Hall–Kier alpha value is -1.80. The highest BCUT2D eigenvalue weighted by Crippen LogP contribution is 2.30. The topological polar surface area (TPSA) is 29.5 Å². The summed E-state index contributed by atoms with van der Waals surface area (Å²) >= 11 is 0. The second-order valence-electron chi connectivity index (χ2n) is 4.38. The number of rotatable bonds is 4. The fourth-order valence-corrected chi connectivity index (χ4v) is 1.80. The first-order valence-electron chi connectivity index (χ1n) is 6.22. The van der Waals surface area contributed by atoms with Gasteiger partial charge < -0.3 is 9.84 Å². The Balaban J connectivity index is 2.26. The Labute approximate surface area is 108 Å². The van der Waals surface area contributed by atoms with Crippen LogP contribution in [-0.2, 0) is 0 Å². The number of aryl methyl sites for hydroxylation is 1. The molecule has 0 saturated heterocycles. The first-order chi connectivity index (χ1) is 8.70. The van der Waals surface area contributed by atoms with Crippen molar-refractivity contribution < 1.29 is 9.84 Å². The average molecular weight is 242 g/mol. The Morgan fingerprint density at radius 3 is 2.39 bits per heavy atom. The van der Waals surface area contributed by atoms with Gasteiger partial charge >= 0.3 is 0 Å².